The van der Waals surface area contributed by atoms with E-state index in [4.69, 9.17) is 14.2 Å². The Morgan fingerprint density at radius 2 is 1.91 bits per heavy atom. The molecule has 9 heteroatoms. The number of halogens is 2. The minimum Gasteiger partial charge on any atom is -0.496 e. The molecule has 1 N–H and O–H groups in total. The molecule has 0 atom stereocenters. The number of amides is 1. The minimum absolute atomic E-state index is 0.0288. The van der Waals surface area contributed by atoms with Crippen LogP contribution in [0.3, 0.4) is 0 Å². The molecule has 1 aromatic carbocycles. The van der Waals surface area contributed by atoms with Gasteiger partial charge in [-0.25, -0.2) is 4.79 Å². The molecule has 1 aliphatic heterocycles. The number of methoxy groups -OCH3 is 1. The van der Waals surface area contributed by atoms with Crippen LogP contribution in [0.4, 0.5) is 14.5 Å². The third kappa shape index (κ3) is 6.05. The molecule has 0 fully saturated rings. The molecule has 0 unspecified atom stereocenters. The van der Waals surface area contributed by atoms with Gasteiger partial charge in [0.05, 0.1) is 18.4 Å². The van der Waals surface area contributed by atoms with Crippen LogP contribution in [0.2, 0.25) is 0 Å². The molecule has 7 nitrogen and oxygen atoms in total. The van der Waals surface area contributed by atoms with Crippen LogP contribution in [-0.4, -0.2) is 37.0 Å². The summed E-state index contributed by atoms with van der Waals surface area (Å²) in [5.74, 6) is -2.17. The Labute approximate surface area is 186 Å². The molecule has 0 spiro atoms. The lowest BCUT2D eigenvalue weighted by Crippen LogP contribution is -2.23. The number of ether oxygens (including phenoxy) is 3. The first-order valence-electron chi connectivity index (χ1n) is 10.2. The van der Waals surface area contributed by atoms with Crippen LogP contribution in [0.15, 0.2) is 11.6 Å². The highest BCUT2D eigenvalue weighted by Crippen LogP contribution is 2.41. The average molecular weight is 453 g/mol. The van der Waals surface area contributed by atoms with Gasteiger partial charge in [0.1, 0.15) is 18.0 Å². The maximum absolute atomic E-state index is 12.9. The first-order valence-corrected chi connectivity index (χ1v) is 10.2. The molecular formula is C23H29F2NO6. The van der Waals surface area contributed by atoms with E-state index in [0.29, 0.717) is 28.9 Å². The van der Waals surface area contributed by atoms with E-state index in [1.54, 1.807) is 33.8 Å². The van der Waals surface area contributed by atoms with E-state index >= 15 is 0 Å². The summed E-state index contributed by atoms with van der Waals surface area (Å²) in [5.41, 5.74) is 1.82. The first kappa shape index (κ1) is 25.3. The predicted molar refractivity (Wildman–Crippen MR) is 114 cm³/mol. The van der Waals surface area contributed by atoms with Gasteiger partial charge in [0.2, 0.25) is 0 Å². The van der Waals surface area contributed by atoms with Crippen LogP contribution < -0.4 is 10.1 Å². The van der Waals surface area contributed by atoms with Gasteiger partial charge in [-0.1, -0.05) is 11.6 Å². The van der Waals surface area contributed by atoms with Gasteiger partial charge in [0.15, 0.2) is 0 Å². The van der Waals surface area contributed by atoms with Crippen molar-refractivity contribution in [1.29, 1.82) is 0 Å². The Morgan fingerprint density at radius 3 is 2.47 bits per heavy atom. The number of fused-ring (bicyclic) bond motifs is 1. The van der Waals surface area contributed by atoms with Crippen molar-refractivity contribution < 1.29 is 37.4 Å². The third-order valence-electron chi connectivity index (χ3n) is 4.92. The number of anilines is 1. The molecule has 0 saturated carbocycles. The number of esters is 2. The molecule has 32 heavy (non-hydrogen) atoms. The fourth-order valence-corrected chi connectivity index (χ4v) is 3.44. The zero-order chi connectivity index (χ0) is 24.2. The topological polar surface area (TPSA) is 90.9 Å². The Kier molecular flexibility index (Phi) is 7.98. The molecule has 0 aliphatic carbocycles. The number of hydrogen-bond donors (Lipinski definition) is 1. The van der Waals surface area contributed by atoms with E-state index in [1.165, 1.54) is 7.11 Å². The van der Waals surface area contributed by atoms with Crippen LogP contribution in [0.1, 0.15) is 67.6 Å². The number of alkyl halides is 2. The fraction of sp³-hybridized carbons (Fsp3) is 0.522. The number of benzene rings is 1. The van der Waals surface area contributed by atoms with Crippen LogP contribution in [0.5, 0.6) is 5.75 Å². The minimum atomic E-state index is -3.26. The van der Waals surface area contributed by atoms with Crippen molar-refractivity contribution in [1.82, 2.24) is 0 Å². The number of nitrogens with one attached hydrogen (secondary N) is 1. The van der Waals surface area contributed by atoms with Gasteiger partial charge >= 0.3 is 18.4 Å². The Morgan fingerprint density at radius 1 is 1.25 bits per heavy atom. The molecule has 1 heterocycles. The van der Waals surface area contributed by atoms with E-state index in [1.807, 2.05) is 6.92 Å². The largest absolute Gasteiger partial charge is 0.496 e. The smallest absolute Gasteiger partial charge is 0.341 e. The maximum Gasteiger partial charge on any atom is 0.341 e. The van der Waals surface area contributed by atoms with E-state index in [0.717, 1.165) is 5.57 Å². The summed E-state index contributed by atoms with van der Waals surface area (Å²) in [6.45, 7) is 8.89. The second-order valence-electron chi connectivity index (χ2n) is 8.57. The molecule has 1 amide bonds. The molecule has 176 valence electrons. The summed E-state index contributed by atoms with van der Waals surface area (Å²) in [5, 5.41) is 2.17. The quantitative estimate of drug-likeness (QED) is 0.461. The fourth-order valence-electron chi connectivity index (χ4n) is 3.44. The van der Waals surface area contributed by atoms with Gasteiger partial charge < -0.3 is 19.5 Å². The number of hydrogen-bond acceptors (Lipinski definition) is 6. The molecule has 2 rings (SSSR count). The lowest BCUT2D eigenvalue weighted by atomic mass is 9.93. The van der Waals surface area contributed by atoms with Crippen LogP contribution >= 0.6 is 0 Å². The summed E-state index contributed by atoms with van der Waals surface area (Å²) in [6.07, 6.45) is -0.659. The lowest BCUT2D eigenvalue weighted by molar-refractivity contribution is -0.154. The highest BCUT2D eigenvalue weighted by Gasteiger charge is 2.33. The second-order valence-corrected chi connectivity index (χ2v) is 8.57. The number of allylic oxidation sites excluding steroid dienone is 2. The van der Waals surface area contributed by atoms with Gasteiger partial charge in [0, 0.05) is 17.5 Å². The molecule has 1 aliphatic rings. The van der Waals surface area contributed by atoms with Crippen molar-refractivity contribution in [3.05, 3.63) is 33.9 Å². The van der Waals surface area contributed by atoms with Crippen LogP contribution in [0, 0.1) is 6.92 Å². The Hall–Kier alpha value is -2.97. The van der Waals surface area contributed by atoms with Gasteiger partial charge in [-0.2, -0.15) is 8.78 Å². The predicted octanol–water partition coefficient (Wildman–Crippen LogP) is 4.49. The molecule has 0 radical (unpaired) electrons. The van der Waals surface area contributed by atoms with Crippen LogP contribution in [-0.2, 0) is 32.1 Å². The van der Waals surface area contributed by atoms with E-state index in [9.17, 15) is 23.2 Å². The molecule has 0 bridgehead atoms. The standard InChI is InChI=1S/C23H29F2NO6/c1-12(8-10-16(27)32-23(3,4)5)7-9-14-18(26-21(28)20(24)25)17-15(11-31-22(17)29)13(2)19(14)30-6/h7,20H,8-11H2,1-6H3,(H,26,28). The zero-order valence-electron chi connectivity index (χ0n) is 19.2. The van der Waals surface area contributed by atoms with Crippen molar-refractivity contribution in [3.63, 3.8) is 0 Å². The first-order chi connectivity index (χ1) is 14.9. The molecule has 1 aromatic rings. The van der Waals surface area contributed by atoms with Gasteiger partial charge in [0.25, 0.3) is 5.91 Å². The van der Waals surface area contributed by atoms with E-state index in [2.05, 4.69) is 5.32 Å². The monoisotopic (exact) mass is 453 g/mol. The zero-order valence-corrected chi connectivity index (χ0v) is 19.2. The summed E-state index contributed by atoms with van der Waals surface area (Å²) < 4.78 is 41.8. The number of carbonyl (C=O) groups is 3. The highest BCUT2D eigenvalue weighted by molar-refractivity contribution is 6.06. The van der Waals surface area contributed by atoms with Gasteiger partial charge in [-0.05, 0) is 53.0 Å². The summed E-state index contributed by atoms with van der Waals surface area (Å²) in [4.78, 5) is 36.0. The van der Waals surface area contributed by atoms with Gasteiger partial charge in [-0.3, -0.25) is 9.59 Å². The van der Waals surface area contributed by atoms with E-state index in [-0.39, 0.29) is 36.7 Å². The van der Waals surface area contributed by atoms with Crippen LogP contribution in [0.25, 0.3) is 0 Å². The number of rotatable bonds is 8. The lowest BCUT2D eigenvalue weighted by Gasteiger charge is -2.20. The SMILES string of the molecule is COc1c(C)c2c(c(NC(=O)C(F)F)c1CC=C(C)CCC(=O)OC(C)(C)C)C(=O)OC2. The van der Waals surface area contributed by atoms with Gasteiger partial charge in [-0.15, -0.1) is 0 Å². The Balaban J connectivity index is 2.37. The summed E-state index contributed by atoms with van der Waals surface area (Å²) >= 11 is 0. The van der Waals surface area contributed by atoms with Crippen molar-refractivity contribution >= 4 is 23.5 Å². The Bertz CT molecular complexity index is 947. The highest BCUT2D eigenvalue weighted by atomic mass is 19.3. The summed E-state index contributed by atoms with van der Waals surface area (Å²) in [6, 6.07) is 0. The third-order valence-corrected chi connectivity index (χ3v) is 4.92. The van der Waals surface area contributed by atoms with Crippen molar-refractivity contribution in [3.8, 4) is 5.75 Å². The van der Waals surface area contributed by atoms with Crippen molar-refractivity contribution in [2.24, 2.45) is 0 Å². The maximum atomic E-state index is 12.9. The second kappa shape index (κ2) is 10.1. The number of carbonyl (C=O) groups excluding carboxylic acids is 3. The molecular weight excluding hydrogens is 424 g/mol. The van der Waals surface area contributed by atoms with Crippen molar-refractivity contribution in [2.75, 3.05) is 12.4 Å². The average Bonchev–Trinajstić information content (AvgIpc) is 3.07. The number of cyclic esters (lactones) is 1. The molecule has 0 saturated heterocycles. The van der Waals surface area contributed by atoms with E-state index < -0.39 is 23.9 Å². The van der Waals surface area contributed by atoms with Crippen molar-refractivity contribution in [2.45, 2.75) is 72.5 Å². The molecule has 0 aromatic heterocycles. The summed E-state index contributed by atoms with van der Waals surface area (Å²) in [7, 11) is 1.42. The normalized spacial score (nSPS) is 13.7.